The van der Waals surface area contributed by atoms with E-state index >= 15 is 0 Å². The molecule has 0 aliphatic carbocycles. The van der Waals surface area contributed by atoms with E-state index in [1.807, 2.05) is 0 Å². The first kappa shape index (κ1) is 11.1. The molecule has 0 heterocycles. The Morgan fingerprint density at radius 2 is 1.92 bits per heavy atom. The van der Waals surface area contributed by atoms with Crippen LogP contribution in [-0.4, -0.2) is 29.3 Å². The lowest BCUT2D eigenvalue weighted by atomic mass is 10.2. The maximum Gasteiger partial charge on any atom is 0.330 e. The van der Waals surface area contributed by atoms with Gasteiger partial charge in [-0.1, -0.05) is 6.08 Å². The van der Waals surface area contributed by atoms with E-state index in [0.29, 0.717) is 0 Å². The molecule has 0 aromatic rings. The second-order valence-electron chi connectivity index (χ2n) is 2.37. The topological polar surface area (TPSA) is 91.7 Å². The van der Waals surface area contributed by atoms with E-state index in [9.17, 15) is 13.2 Å². The highest BCUT2D eigenvalue weighted by molar-refractivity contribution is 7.86. The Morgan fingerprint density at radius 3 is 2.17 bits per heavy atom. The van der Waals surface area contributed by atoms with E-state index in [1.165, 1.54) is 13.8 Å². The molecule has 1 unspecified atom stereocenters. The summed E-state index contributed by atoms with van der Waals surface area (Å²) in [6.45, 7) is 2.45. The Balaban J connectivity index is 4.68. The van der Waals surface area contributed by atoms with Gasteiger partial charge < -0.3 is 5.11 Å². The first-order valence-corrected chi connectivity index (χ1v) is 4.63. The molecule has 5 nitrogen and oxygen atoms in total. The smallest absolute Gasteiger partial charge is 0.330 e. The van der Waals surface area contributed by atoms with Crippen LogP contribution in [0.25, 0.3) is 0 Å². The van der Waals surface area contributed by atoms with E-state index < -0.39 is 21.3 Å². The van der Waals surface area contributed by atoms with Gasteiger partial charge >= 0.3 is 5.97 Å². The third-order valence-electron chi connectivity index (χ3n) is 1.29. The van der Waals surface area contributed by atoms with Crippen LogP contribution in [0.5, 0.6) is 0 Å². The average Bonchev–Trinajstić information content (AvgIpc) is 1.85. The number of carbonyl (C=O) groups is 1. The average molecular weight is 194 g/mol. The Kier molecular flexibility index (Phi) is 3.41. The molecule has 0 aromatic heterocycles. The maximum absolute atomic E-state index is 10.4. The van der Waals surface area contributed by atoms with Gasteiger partial charge in [0.25, 0.3) is 10.1 Å². The molecule has 0 bridgehead atoms. The van der Waals surface area contributed by atoms with Gasteiger partial charge in [0.15, 0.2) is 0 Å². The summed E-state index contributed by atoms with van der Waals surface area (Å²) in [4.78, 5) is 10.2. The van der Waals surface area contributed by atoms with Crippen LogP contribution >= 0.6 is 0 Å². The lowest BCUT2D eigenvalue weighted by Crippen LogP contribution is -2.15. The zero-order valence-electron chi connectivity index (χ0n) is 6.68. The summed E-state index contributed by atoms with van der Waals surface area (Å²) in [6, 6.07) is 0. The van der Waals surface area contributed by atoms with Gasteiger partial charge in [0.2, 0.25) is 0 Å². The van der Waals surface area contributed by atoms with Crippen LogP contribution < -0.4 is 0 Å². The molecule has 6 heteroatoms. The minimum atomic E-state index is -4.17. The van der Waals surface area contributed by atoms with Crippen molar-refractivity contribution in [3.05, 3.63) is 11.6 Å². The normalized spacial score (nSPS) is 15.8. The van der Waals surface area contributed by atoms with Crippen LogP contribution in [0.2, 0.25) is 0 Å². The van der Waals surface area contributed by atoms with Gasteiger partial charge in [-0.15, -0.1) is 0 Å². The zero-order chi connectivity index (χ0) is 9.94. The van der Waals surface area contributed by atoms with Gasteiger partial charge in [-0.05, 0) is 13.8 Å². The molecule has 70 valence electrons. The number of carboxylic acid groups (broad SMARTS) is 1. The summed E-state index contributed by atoms with van der Waals surface area (Å²) in [5.41, 5.74) is -0.111. The maximum atomic E-state index is 10.4. The second-order valence-corrected chi connectivity index (χ2v) is 4.15. The van der Waals surface area contributed by atoms with Gasteiger partial charge in [0.05, 0.1) is 0 Å². The number of carboxylic acids is 1. The predicted molar refractivity (Wildman–Crippen MR) is 42.4 cm³/mol. The fourth-order valence-electron chi connectivity index (χ4n) is 0.509. The van der Waals surface area contributed by atoms with E-state index in [2.05, 4.69) is 0 Å². The van der Waals surface area contributed by atoms with Crippen molar-refractivity contribution in [1.29, 1.82) is 0 Å². The molecular formula is C6H10O5S. The number of aliphatic carboxylic acids is 1. The molecule has 0 aromatic carbocycles. The Bertz CT molecular complexity index is 300. The van der Waals surface area contributed by atoms with Crippen LogP contribution in [0.4, 0.5) is 0 Å². The van der Waals surface area contributed by atoms with Crippen molar-refractivity contribution in [3.63, 3.8) is 0 Å². The summed E-state index contributed by atoms with van der Waals surface area (Å²) >= 11 is 0. The van der Waals surface area contributed by atoms with Crippen LogP contribution in [0.3, 0.4) is 0 Å². The molecule has 0 aliphatic rings. The van der Waals surface area contributed by atoms with Crippen molar-refractivity contribution in [3.8, 4) is 0 Å². The number of hydrogen-bond acceptors (Lipinski definition) is 3. The highest BCUT2D eigenvalue weighted by Gasteiger charge is 2.15. The number of hydrogen-bond donors (Lipinski definition) is 2. The molecule has 0 rings (SSSR count). The van der Waals surface area contributed by atoms with Gasteiger partial charge in [-0.2, -0.15) is 8.42 Å². The van der Waals surface area contributed by atoms with E-state index in [1.54, 1.807) is 0 Å². The molecule has 1 atom stereocenters. The van der Waals surface area contributed by atoms with Gasteiger partial charge in [-0.3, -0.25) is 4.55 Å². The van der Waals surface area contributed by atoms with Crippen molar-refractivity contribution in [1.82, 2.24) is 0 Å². The molecule has 12 heavy (non-hydrogen) atoms. The molecule has 0 aliphatic heterocycles. The SMILES string of the molecule is C/C(=C\C(C)S(=O)(=O)O)C(=O)O. The fraction of sp³-hybridized carbons (Fsp3) is 0.500. The summed E-state index contributed by atoms with van der Waals surface area (Å²) in [6.07, 6.45) is 0.970. The van der Waals surface area contributed by atoms with Crippen LogP contribution in [0.15, 0.2) is 11.6 Å². The Hall–Kier alpha value is -0.880. The molecule has 0 saturated heterocycles. The van der Waals surface area contributed by atoms with Crippen molar-refractivity contribution in [2.24, 2.45) is 0 Å². The summed E-state index contributed by atoms with van der Waals surface area (Å²) in [5.74, 6) is -1.20. The summed E-state index contributed by atoms with van der Waals surface area (Å²) in [5, 5.41) is 7.17. The van der Waals surface area contributed by atoms with Gasteiger partial charge in [-0.25, -0.2) is 4.79 Å². The zero-order valence-corrected chi connectivity index (χ0v) is 7.50. The molecule has 0 fully saturated rings. The molecule has 0 saturated carbocycles. The lowest BCUT2D eigenvalue weighted by Gasteiger charge is -2.01. The minimum Gasteiger partial charge on any atom is -0.478 e. The fourth-order valence-corrected chi connectivity index (χ4v) is 0.885. The van der Waals surface area contributed by atoms with E-state index in [4.69, 9.17) is 9.66 Å². The predicted octanol–water partition coefficient (Wildman–Crippen LogP) is 0.294. The first-order valence-electron chi connectivity index (χ1n) is 3.13. The highest BCUT2D eigenvalue weighted by Crippen LogP contribution is 2.03. The standard InChI is InChI=1S/C6H10O5S/c1-4(6(7)8)3-5(2)12(9,10)11/h3,5H,1-2H3,(H,7,8)(H,9,10,11)/b4-3+. The van der Waals surface area contributed by atoms with Crippen molar-refractivity contribution in [2.45, 2.75) is 19.1 Å². The minimum absolute atomic E-state index is 0.111. The molecule has 2 N–H and O–H groups in total. The van der Waals surface area contributed by atoms with Crippen molar-refractivity contribution >= 4 is 16.1 Å². The van der Waals surface area contributed by atoms with Crippen molar-refractivity contribution in [2.75, 3.05) is 0 Å². The molecular weight excluding hydrogens is 184 g/mol. The van der Waals surface area contributed by atoms with E-state index in [0.717, 1.165) is 6.08 Å². The first-order chi connectivity index (χ1) is 5.25. The van der Waals surface area contributed by atoms with Crippen LogP contribution in [0.1, 0.15) is 13.8 Å². The van der Waals surface area contributed by atoms with Crippen molar-refractivity contribution < 1.29 is 22.9 Å². The molecule has 0 radical (unpaired) electrons. The quantitative estimate of drug-likeness (QED) is 0.497. The van der Waals surface area contributed by atoms with Gasteiger partial charge in [0.1, 0.15) is 5.25 Å². The summed E-state index contributed by atoms with van der Waals surface area (Å²) < 4.78 is 29.3. The largest absolute Gasteiger partial charge is 0.478 e. The highest BCUT2D eigenvalue weighted by atomic mass is 32.2. The molecule has 0 amide bonds. The Morgan fingerprint density at radius 1 is 1.50 bits per heavy atom. The van der Waals surface area contributed by atoms with Crippen LogP contribution in [-0.2, 0) is 14.9 Å². The lowest BCUT2D eigenvalue weighted by molar-refractivity contribution is -0.132. The third-order valence-corrected chi connectivity index (χ3v) is 2.37. The summed E-state index contributed by atoms with van der Waals surface area (Å²) in [7, 11) is -4.17. The second kappa shape index (κ2) is 3.68. The third kappa shape index (κ3) is 3.49. The molecule has 0 spiro atoms. The van der Waals surface area contributed by atoms with Gasteiger partial charge in [0, 0.05) is 5.57 Å². The number of rotatable bonds is 3. The monoisotopic (exact) mass is 194 g/mol. The van der Waals surface area contributed by atoms with Crippen LogP contribution in [0, 0.1) is 0 Å². The van der Waals surface area contributed by atoms with E-state index in [-0.39, 0.29) is 5.57 Å². The Labute approximate surface area is 70.5 Å².